The van der Waals surface area contributed by atoms with Crippen LogP contribution in [0.2, 0.25) is 0 Å². The molecule has 0 bridgehead atoms. The molecule has 0 amide bonds. The normalized spacial score (nSPS) is 10.0. The lowest BCUT2D eigenvalue weighted by Crippen LogP contribution is -1.83. The van der Waals surface area contributed by atoms with E-state index in [1.165, 1.54) is 19.1 Å². The first-order valence-corrected chi connectivity index (χ1v) is 4.45. The van der Waals surface area contributed by atoms with Gasteiger partial charge in [0.1, 0.15) is 5.76 Å². The molecule has 0 unspecified atom stereocenters. The lowest BCUT2D eigenvalue weighted by Gasteiger charge is -1.95. The first-order chi connectivity index (χ1) is 5.93. The summed E-state index contributed by atoms with van der Waals surface area (Å²) in [4.78, 5) is 0. The highest BCUT2D eigenvalue weighted by atomic mass is 16.3. The molecule has 0 atom stereocenters. The summed E-state index contributed by atoms with van der Waals surface area (Å²) in [6.45, 7) is 0. The van der Waals surface area contributed by atoms with E-state index in [4.69, 9.17) is 9.83 Å². The Kier molecular flexibility index (Phi) is 4.21. The largest absolute Gasteiger partial charge is 0.469 e. The van der Waals surface area contributed by atoms with Crippen LogP contribution in [0.4, 0.5) is 0 Å². The summed E-state index contributed by atoms with van der Waals surface area (Å²) < 4.78 is 5.20. The van der Waals surface area contributed by atoms with E-state index in [0.717, 1.165) is 25.0 Å². The maximum absolute atomic E-state index is 6.83. The van der Waals surface area contributed by atoms with E-state index in [0.29, 0.717) is 0 Å². The van der Waals surface area contributed by atoms with E-state index < -0.39 is 0 Å². The Morgan fingerprint density at radius 2 is 2.25 bits per heavy atom. The lowest BCUT2D eigenvalue weighted by molar-refractivity contribution is 0.496. The smallest absolute Gasteiger partial charge is 0.103 e. The predicted octanol–water partition coefficient (Wildman–Crippen LogP) is 3.03. The van der Waals surface area contributed by atoms with Gasteiger partial charge < -0.3 is 9.83 Å². The van der Waals surface area contributed by atoms with E-state index in [9.17, 15) is 0 Å². The molecule has 0 aliphatic carbocycles. The van der Waals surface area contributed by atoms with Gasteiger partial charge in [0.15, 0.2) is 0 Å². The summed E-state index contributed by atoms with van der Waals surface area (Å²) in [5.74, 6) is 1.07. The molecule has 1 rings (SSSR count). The predicted molar refractivity (Wildman–Crippen MR) is 49.7 cm³/mol. The van der Waals surface area contributed by atoms with Crippen molar-refractivity contribution in [1.82, 2.24) is 0 Å². The van der Waals surface area contributed by atoms with Crippen molar-refractivity contribution in [2.45, 2.75) is 32.1 Å². The third kappa shape index (κ3) is 3.37. The molecule has 0 saturated heterocycles. The second-order valence-corrected chi connectivity index (χ2v) is 2.88. The zero-order valence-electron chi connectivity index (χ0n) is 7.25. The minimum atomic E-state index is 0.915. The molecule has 0 aliphatic rings. The summed E-state index contributed by atoms with van der Waals surface area (Å²) in [6.07, 6.45) is 8.63. The van der Waals surface area contributed by atoms with Gasteiger partial charge in [0.2, 0.25) is 0 Å². The molecule has 1 aromatic rings. The van der Waals surface area contributed by atoms with Crippen LogP contribution in [0, 0.1) is 5.41 Å². The Hall–Kier alpha value is -1.05. The summed E-state index contributed by atoms with van der Waals surface area (Å²) in [5.41, 5.74) is 0. The number of aryl methyl sites for hydroxylation is 1. The van der Waals surface area contributed by atoms with Gasteiger partial charge in [-0.1, -0.05) is 6.42 Å². The fourth-order valence-electron chi connectivity index (χ4n) is 1.18. The van der Waals surface area contributed by atoms with Crippen LogP contribution in [-0.4, -0.2) is 6.21 Å². The lowest BCUT2D eigenvalue weighted by atomic mass is 10.1. The number of hydrogen-bond acceptors (Lipinski definition) is 2. The molecule has 2 nitrogen and oxygen atoms in total. The summed E-state index contributed by atoms with van der Waals surface area (Å²) in [7, 11) is 0. The second kappa shape index (κ2) is 5.58. The fourth-order valence-corrected chi connectivity index (χ4v) is 1.18. The molecule has 1 N–H and O–H groups in total. The first-order valence-electron chi connectivity index (χ1n) is 4.45. The second-order valence-electron chi connectivity index (χ2n) is 2.88. The molecule has 1 heterocycles. The fraction of sp³-hybridized carbons (Fsp3) is 0.500. The molecule has 12 heavy (non-hydrogen) atoms. The Morgan fingerprint density at radius 3 is 2.92 bits per heavy atom. The standard InChI is InChI=1S/C10H15NO/c11-8-4-2-1-3-6-10-7-5-9-12-10/h5,7-9,11H,1-4,6H2. The van der Waals surface area contributed by atoms with Gasteiger partial charge in [-0.05, 0) is 37.6 Å². The van der Waals surface area contributed by atoms with Gasteiger partial charge in [-0.15, -0.1) is 0 Å². The van der Waals surface area contributed by atoms with Crippen molar-refractivity contribution in [2.75, 3.05) is 0 Å². The molecule has 2 heteroatoms. The Labute approximate surface area is 73.1 Å². The molecular formula is C10H15NO. The molecule has 0 radical (unpaired) electrons. The highest BCUT2D eigenvalue weighted by Crippen LogP contribution is 2.07. The van der Waals surface area contributed by atoms with Crippen LogP contribution in [0.5, 0.6) is 0 Å². The van der Waals surface area contributed by atoms with Gasteiger partial charge in [0.25, 0.3) is 0 Å². The molecule has 0 fully saturated rings. The molecule has 0 saturated carbocycles. The van der Waals surface area contributed by atoms with Crippen LogP contribution in [0.1, 0.15) is 31.4 Å². The maximum Gasteiger partial charge on any atom is 0.103 e. The van der Waals surface area contributed by atoms with Crippen LogP contribution >= 0.6 is 0 Å². The van der Waals surface area contributed by atoms with Gasteiger partial charge in [0, 0.05) is 6.42 Å². The van der Waals surface area contributed by atoms with E-state index in [1.54, 1.807) is 6.26 Å². The third-order valence-electron chi connectivity index (χ3n) is 1.85. The van der Waals surface area contributed by atoms with Crippen LogP contribution in [0.15, 0.2) is 22.8 Å². The molecule has 0 aliphatic heterocycles. The van der Waals surface area contributed by atoms with Crippen LogP contribution < -0.4 is 0 Å². The minimum Gasteiger partial charge on any atom is -0.469 e. The highest BCUT2D eigenvalue weighted by Gasteiger charge is 1.94. The Morgan fingerprint density at radius 1 is 1.33 bits per heavy atom. The number of nitrogens with one attached hydrogen (secondary N) is 1. The van der Waals surface area contributed by atoms with Crippen LogP contribution in [0.3, 0.4) is 0 Å². The van der Waals surface area contributed by atoms with E-state index in [1.807, 2.05) is 12.1 Å². The van der Waals surface area contributed by atoms with Gasteiger partial charge in [-0.25, -0.2) is 0 Å². The third-order valence-corrected chi connectivity index (χ3v) is 1.85. The molecule has 1 aromatic heterocycles. The van der Waals surface area contributed by atoms with Crippen LogP contribution in [-0.2, 0) is 6.42 Å². The zero-order chi connectivity index (χ0) is 8.65. The maximum atomic E-state index is 6.83. The van der Waals surface area contributed by atoms with Crippen molar-refractivity contribution < 1.29 is 4.42 Å². The number of unbranched alkanes of at least 4 members (excludes halogenated alkanes) is 3. The van der Waals surface area contributed by atoms with Crippen molar-refractivity contribution in [3.63, 3.8) is 0 Å². The van der Waals surface area contributed by atoms with Crippen molar-refractivity contribution in [1.29, 1.82) is 5.41 Å². The summed E-state index contributed by atoms with van der Waals surface area (Å²) in [6, 6.07) is 3.93. The van der Waals surface area contributed by atoms with Gasteiger partial charge in [0.05, 0.1) is 6.26 Å². The highest BCUT2D eigenvalue weighted by molar-refractivity contribution is 5.52. The van der Waals surface area contributed by atoms with Gasteiger partial charge in [-0.2, -0.15) is 0 Å². The SMILES string of the molecule is N=CCCCCCc1ccco1. The Balaban J connectivity index is 2.00. The monoisotopic (exact) mass is 165 g/mol. The van der Waals surface area contributed by atoms with Gasteiger partial charge >= 0.3 is 0 Å². The van der Waals surface area contributed by atoms with E-state index >= 15 is 0 Å². The molecule has 0 spiro atoms. The first kappa shape index (κ1) is 9.04. The van der Waals surface area contributed by atoms with E-state index in [2.05, 4.69) is 0 Å². The summed E-state index contributed by atoms with van der Waals surface area (Å²) >= 11 is 0. The van der Waals surface area contributed by atoms with Crippen molar-refractivity contribution in [3.05, 3.63) is 24.2 Å². The molecule has 66 valence electrons. The van der Waals surface area contributed by atoms with Crippen molar-refractivity contribution >= 4 is 6.21 Å². The van der Waals surface area contributed by atoms with E-state index in [-0.39, 0.29) is 0 Å². The minimum absolute atomic E-state index is 0.915. The summed E-state index contributed by atoms with van der Waals surface area (Å²) in [5, 5.41) is 6.83. The van der Waals surface area contributed by atoms with Crippen LogP contribution in [0.25, 0.3) is 0 Å². The van der Waals surface area contributed by atoms with Crippen molar-refractivity contribution in [3.8, 4) is 0 Å². The molecule has 0 aromatic carbocycles. The average molecular weight is 165 g/mol. The quantitative estimate of drug-likeness (QED) is 0.510. The average Bonchev–Trinajstić information content (AvgIpc) is 2.57. The number of furan rings is 1. The zero-order valence-corrected chi connectivity index (χ0v) is 7.25. The van der Waals surface area contributed by atoms with Gasteiger partial charge in [-0.3, -0.25) is 0 Å². The van der Waals surface area contributed by atoms with Crippen molar-refractivity contribution in [2.24, 2.45) is 0 Å². The molecular weight excluding hydrogens is 150 g/mol. The number of rotatable bonds is 6. The number of hydrogen-bond donors (Lipinski definition) is 1. The Bertz CT molecular complexity index is 204. The topological polar surface area (TPSA) is 37.0 Å².